The Balaban J connectivity index is 2.67. The predicted octanol–water partition coefficient (Wildman–Crippen LogP) is 4.47. The molecule has 2 nitrogen and oxygen atoms in total. The van der Waals surface area contributed by atoms with Gasteiger partial charge in [0.05, 0.1) is 0 Å². The summed E-state index contributed by atoms with van der Waals surface area (Å²) < 4.78 is 0. The highest BCUT2D eigenvalue weighted by Gasteiger charge is 2.22. The third-order valence-corrected chi connectivity index (χ3v) is 4.33. The van der Waals surface area contributed by atoms with Crippen molar-refractivity contribution in [2.45, 2.75) is 52.9 Å². The molecular weight excluding hydrogens is 244 g/mol. The van der Waals surface area contributed by atoms with Crippen molar-refractivity contribution in [3.63, 3.8) is 0 Å². The average molecular weight is 272 g/mol. The normalized spacial score (nSPS) is 14.2. The molecule has 2 rings (SSSR count). The molecule has 0 fully saturated rings. The van der Waals surface area contributed by atoms with Crippen molar-refractivity contribution < 1.29 is 0 Å². The van der Waals surface area contributed by atoms with Gasteiger partial charge < -0.3 is 10.7 Å². The van der Waals surface area contributed by atoms with Crippen LogP contribution in [0.15, 0.2) is 18.2 Å². The molecule has 0 aliphatic heterocycles. The van der Waals surface area contributed by atoms with Crippen LogP contribution in [0, 0.1) is 12.8 Å². The molecule has 0 aliphatic rings. The lowest BCUT2D eigenvalue weighted by molar-refractivity contribution is 0.507. The summed E-state index contributed by atoms with van der Waals surface area (Å²) in [4.78, 5) is 3.52. The Morgan fingerprint density at radius 2 is 1.85 bits per heavy atom. The second-order valence-corrected chi connectivity index (χ2v) is 7.26. The fraction of sp³-hybridized carbons (Fsp3) is 0.556. The number of benzene rings is 1. The van der Waals surface area contributed by atoms with Crippen molar-refractivity contribution in [3.05, 3.63) is 35.0 Å². The van der Waals surface area contributed by atoms with Gasteiger partial charge in [0.25, 0.3) is 0 Å². The standard InChI is InChI=1S/C18H28N2/c1-11(2)15(10-19)17-12(3)20-16-8-7-13(9-14(16)17)18(4,5)6/h7-9,11,15,20H,10,19H2,1-6H3. The van der Waals surface area contributed by atoms with Gasteiger partial charge >= 0.3 is 0 Å². The molecule has 2 aromatic rings. The summed E-state index contributed by atoms with van der Waals surface area (Å²) in [5.74, 6) is 0.968. The number of aromatic amines is 1. The Bertz CT molecular complexity index is 600. The van der Waals surface area contributed by atoms with Gasteiger partial charge in [0.2, 0.25) is 0 Å². The monoisotopic (exact) mass is 272 g/mol. The summed E-state index contributed by atoms with van der Waals surface area (Å²) in [5.41, 5.74) is 11.5. The topological polar surface area (TPSA) is 41.8 Å². The molecule has 0 saturated heterocycles. The maximum Gasteiger partial charge on any atom is 0.0459 e. The van der Waals surface area contributed by atoms with Gasteiger partial charge in [-0.1, -0.05) is 40.7 Å². The number of fused-ring (bicyclic) bond motifs is 1. The lowest BCUT2D eigenvalue weighted by Gasteiger charge is -2.22. The van der Waals surface area contributed by atoms with Crippen LogP contribution in [-0.4, -0.2) is 11.5 Å². The number of aromatic nitrogens is 1. The summed E-state index contributed by atoms with van der Waals surface area (Å²) in [6.45, 7) is 14.2. The fourth-order valence-electron chi connectivity index (χ4n) is 3.02. The minimum Gasteiger partial charge on any atom is -0.358 e. The number of hydrogen-bond donors (Lipinski definition) is 2. The Morgan fingerprint density at radius 3 is 2.35 bits per heavy atom. The molecule has 3 N–H and O–H groups in total. The summed E-state index contributed by atoms with van der Waals surface area (Å²) >= 11 is 0. The molecule has 0 spiro atoms. The third kappa shape index (κ3) is 2.62. The molecule has 2 heteroatoms. The van der Waals surface area contributed by atoms with E-state index in [0.717, 1.165) is 0 Å². The highest BCUT2D eigenvalue weighted by molar-refractivity contribution is 5.86. The summed E-state index contributed by atoms with van der Waals surface area (Å²) in [7, 11) is 0. The van der Waals surface area contributed by atoms with Crippen molar-refractivity contribution in [2.75, 3.05) is 6.54 Å². The zero-order valence-corrected chi connectivity index (χ0v) is 13.7. The smallest absolute Gasteiger partial charge is 0.0459 e. The minimum atomic E-state index is 0.173. The van der Waals surface area contributed by atoms with E-state index >= 15 is 0 Å². The molecule has 0 radical (unpaired) electrons. The maximum atomic E-state index is 6.03. The van der Waals surface area contributed by atoms with Gasteiger partial charge in [0.15, 0.2) is 0 Å². The predicted molar refractivity (Wildman–Crippen MR) is 88.4 cm³/mol. The number of hydrogen-bond acceptors (Lipinski definition) is 1. The van der Waals surface area contributed by atoms with E-state index in [0.29, 0.717) is 18.4 Å². The first-order chi connectivity index (χ1) is 9.25. The van der Waals surface area contributed by atoms with Gasteiger partial charge in [-0.2, -0.15) is 0 Å². The van der Waals surface area contributed by atoms with E-state index in [1.165, 1.54) is 27.7 Å². The number of H-pyrrole nitrogens is 1. The van der Waals surface area contributed by atoms with Crippen molar-refractivity contribution >= 4 is 10.9 Å². The molecule has 0 aliphatic carbocycles. The van der Waals surface area contributed by atoms with Crippen LogP contribution in [0.2, 0.25) is 0 Å². The quantitative estimate of drug-likeness (QED) is 0.850. The Hall–Kier alpha value is -1.28. The molecule has 1 atom stereocenters. The van der Waals surface area contributed by atoms with E-state index in [1.807, 2.05) is 0 Å². The summed E-state index contributed by atoms with van der Waals surface area (Å²) in [5, 5.41) is 1.35. The number of nitrogens with one attached hydrogen (secondary N) is 1. The SMILES string of the molecule is Cc1[nH]c2ccc(C(C)(C)C)cc2c1C(CN)C(C)C. The zero-order chi connectivity index (χ0) is 15.1. The Kier molecular flexibility index (Phi) is 3.97. The van der Waals surface area contributed by atoms with E-state index in [9.17, 15) is 0 Å². The van der Waals surface area contributed by atoms with Crippen molar-refractivity contribution in [1.82, 2.24) is 4.98 Å². The van der Waals surface area contributed by atoms with E-state index in [4.69, 9.17) is 5.73 Å². The molecule has 0 amide bonds. The van der Waals surface area contributed by atoms with Crippen LogP contribution in [0.1, 0.15) is 57.4 Å². The Morgan fingerprint density at radius 1 is 1.20 bits per heavy atom. The Labute approximate surface area is 122 Å². The van der Waals surface area contributed by atoms with Gasteiger partial charge in [-0.25, -0.2) is 0 Å². The van der Waals surface area contributed by atoms with Crippen LogP contribution in [0.5, 0.6) is 0 Å². The number of rotatable bonds is 3. The molecular formula is C18H28N2. The first kappa shape index (κ1) is 15.1. The fourth-order valence-corrected chi connectivity index (χ4v) is 3.02. The van der Waals surface area contributed by atoms with E-state index in [2.05, 4.69) is 64.7 Å². The van der Waals surface area contributed by atoms with Crippen LogP contribution >= 0.6 is 0 Å². The molecule has 1 unspecified atom stereocenters. The first-order valence-corrected chi connectivity index (χ1v) is 7.58. The van der Waals surface area contributed by atoms with Gasteiger partial charge in [-0.05, 0) is 48.1 Å². The largest absolute Gasteiger partial charge is 0.358 e. The minimum absolute atomic E-state index is 0.173. The van der Waals surface area contributed by atoms with Crippen LogP contribution in [0.25, 0.3) is 10.9 Å². The number of nitrogens with two attached hydrogens (primary N) is 1. The second-order valence-electron chi connectivity index (χ2n) is 7.26. The molecule has 1 aromatic carbocycles. The van der Waals surface area contributed by atoms with Crippen molar-refractivity contribution in [1.29, 1.82) is 0 Å². The molecule has 1 heterocycles. The second kappa shape index (κ2) is 5.25. The number of aryl methyl sites for hydroxylation is 1. The average Bonchev–Trinajstić information content (AvgIpc) is 2.65. The highest BCUT2D eigenvalue weighted by atomic mass is 14.7. The van der Waals surface area contributed by atoms with Crippen LogP contribution in [-0.2, 0) is 5.41 Å². The molecule has 1 aromatic heterocycles. The van der Waals surface area contributed by atoms with Gasteiger partial charge in [-0.15, -0.1) is 0 Å². The summed E-state index contributed by atoms with van der Waals surface area (Å²) in [6, 6.07) is 6.79. The van der Waals surface area contributed by atoms with Gasteiger partial charge in [-0.3, -0.25) is 0 Å². The van der Waals surface area contributed by atoms with E-state index < -0.39 is 0 Å². The maximum absolute atomic E-state index is 6.03. The first-order valence-electron chi connectivity index (χ1n) is 7.58. The highest BCUT2D eigenvalue weighted by Crippen LogP contribution is 2.35. The molecule has 0 bridgehead atoms. The van der Waals surface area contributed by atoms with Crippen LogP contribution < -0.4 is 5.73 Å². The van der Waals surface area contributed by atoms with Crippen molar-refractivity contribution in [3.8, 4) is 0 Å². The molecule has 0 saturated carbocycles. The lowest BCUT2D eigenvalue weighted by atomic mass is 9.83. The van der Waals surface area contributed by atoms with E-state index in [1.54, 1.807) is 0 Å². The molecule has 110 valence electrons. The van der Waals surface area contributed by atoms with Crippen LogP contribution in [0.3, 0.4) is 0 Å². The van der Waals surface area contributed by atoms with Gasteiger partial charge in [0, 0.05) is 22.5 Å². The van der Waals surface area contributed by atoms with Gasteiger partial charge in [0.1, 0.15) is 0 Å². The van der Waals surface area contributed by atoms with Crippen LogP contribution in [0.4, 0.5) is 0 Å². The lowest BCUT2D eigenvalue weighted by Crippen LogP contribution is -2.18. The van der Waals surface area contributed by atoms with Crippen molar-refractivity contribution in [2.24, 2.45) is 11.7 Å². The zero-order valence-electron chi connectivity index (χ0n) is 13.7. The van der Waals surface area contributed by atoms with E-state index in [-0.39, 0.29) is 5.41 Å². The molecule has 20 heavy (non-hydrogen) atoms. The third-order valence-electron chi connectivity index (χ3n) is 4.33. The summed E-state index contributed by atoms with van der Waals surface area (Å²) in [6.07, 6.45) is 0.